The number of hydrogen-bond donors (Lipinski definition) is 0. The Morgan fingerprint density at radius 1 is 0.285 bits per heavy atom. The van der Waals surface area contributed by atoms with E-state index in [9.17, 15) is 28.8 Å². The first-order valence-corrected chi connectivity index (χ1v) is 45.8. The van der Waals surface area contributed by atoms with Gasteiger partial charge < -0.3 is 28.4 Å². The predicted molar refractivity (Wildman–Crippen MR) is 523 cm³/mol. The number of rotatable bonds is 26. The Balaban J connectivity index is 0.000000183. The maximum absolute atomic E-state index is 11.8. The summed E-state index contributed by atoms with van der Waals surface area (Å²) in [6.45, 7) is 32.7. The van der Waals surface area contributed by atoms with Crippen molar-refractivity contribution < 1.29 is 57.2 Å². The molecular weight excluding hydrogens is 2020 g/mol. The van der Waals surface area contributed by atoms with Gasteiger partial charge in [-0.25, -0.2) is 0 Å². The van der Waals surface area contributed by atoms with E-state index in [2.05, 4.69) is 189 Å². The van der Waals surface area contributed by atoms with E-state index in [1.54, 1.807) is 24.3 Å². The Bertz CT molecular complexity index is 5340. The molecule has 1 aliphatic rings. The topological polar surface area (TPSA) is 158 Å². The van der Waals surface area contributed by atoms with Crippen molar-refractivity contribution in [2.45, 2.75) is 169 Å². The number of benzene rings is 12. The molecule has 123 heavy (non-hydrogen) atoms. The SMILES string of the molecule is CCc1cccc(C(=O)Br)c1COc1ccc(C)cc1C.Cc1ccc(OCc2c(Br)cccc2C(=O)Br)c(C)c1.Cc1ccc(OCc2c(C(=O)Br)cccc2C2CC2)c(C)c1.Cc1ccc(OCc2c(C)cccc2C(=O)Br)c(C)c1.Cc1ccc(OCc2c(C)cccc2C(=O)Br)c(C)c1.Cc1ccc(OCc2c(Cl)cccc2C(=O)Br)c(C)c1. The van der Waals surface area contributed by atoms with Crippen LogP contribution in [0.4, 0.5) is 0 Å². The molecule has 0 heterocycles. The second-order valence-electron chi connectivity index (χ2n) is 30.2. The van der Waals surface area contributed by atoms with Gasteiger partial charge in [-0.1, -0.05) is 232 Å². The molecule has 1 fully saturated rings. The summed E-state index contributed by atoms with van der Waals surface area (Å²) in [5.74, 6) is 5.66. The molecule has 0 saturated heterocycles. The van der Waals surface area contributed by atoms with Gasteiger partial charge in [0.15, 0.2) is 0 Å². The van der Waals surface area contributed by atoms with Crippen LogP contribution in [0.2, 0.25) is 5.02 Å². The fourth-order valence-corrected chi connectivity index (χ4v) is 16.6. The molecule has 12 aromatic carbocycles. The highest BCUT2D eigenvalue weighted by molar-refractivity contribution is 9.19. The van der Waals surface area contributed by atoms with Gasteiger partial charge in [-0.15, -0.1) is 0 Å². The van der Waals surface area contributed by atoms with E-state index in [1.807, 2.05) is 221 Å². The first kappa shape index (κ1) is 99.5. The van der Waals surface area contributed by atoms with Crippen molar-refractivity contribution in [3.8, 4) is 34.5 Å². The fourth-order valence-electron chi connectivity index (χ4n) is 13.6. The maximum atomic E-state index is 11.8. The zero-order chi connectivity index (χ0) is 89.9. The normalized spacial score (nSPS) is 11.0. The monoisotopic (exact) mass is 2120 g/mol. The first-order chi connectivity index (χ1) is 58.5. The van der Waals surface area contributed by atoms with E-state index in [0.29, 0.717) is 82.9 Å². The number of carbonyl (C=O) groups is 6. The Kier molecular flexibility index (Phi) is 39.3. The van der Waals surface area contributed by atoms with Gasteiger partial charge in [-0.3, -0.25) is 28.8 Å². The number of ether oxygens (including phenoxy) is 6. The van der Waals surface area contributed by atoms with Gasteiger partial charge in [-0.05, 0) is 328 Å². The van der Waals surface area contributed by atoms with Crippen LogP contribution in [0.3, 0.4) is 0 Å². The lowest BCUT2D eigenvalue weighted by Gasteiger charge is -2.15. The fraction of sp³-hybridized carbons (Fsp3) is 0.243. The maximum Gasteiger partial charge on any atom is 0.228 e. The van der Waals surface area contributed by atoms with Crippen LogP contribution in [0.15, 0.2) is 223 Å². The summed E-state index contributed by atoms with van der Waals surface area (Å²) in [4.78, 5) is 69.9. The van der Waals surface area contributed by atoms with E-state index in [-0.39, 0.29) is 34.8 Å². The summed E-state index contributed by atoms with van der Waals surface area (Å²) in [6, 6.07) is 70.3. The highest BCUT2D eigenvalue weighted by Gasteiger charge is 2.29. The molecule has 0 aliphatic heterocycles. The highest BCUT2D eigenvalue weighted by atomic mass is 79.9. The summed E-state index contributed by atoms with van der Waals surface area (Å²) < 4.78 is 35.5. The van der Waals surface area contributed by atoms with E-state index in [0.717, 1.165) is 123 Å². The number of carbonyl (C=O) groups excluding carboxylic acids is 6. The van der Waals surface area contributed by atoms with Crippen LogP contribution in [0.5, 0.6) is 34.5 Å². The quantitative estimate of drug-likeness (QED) is 0.0473. The zero-order valence-corrected chi connectivity index (χ0v) is 83.5. The Hall–Kier alpha value is -8.89. The third-order valence-electron chi connectivity index (χ3n) is 20.4. The van der Waals surface area contributed by atoms with E-state index >= 15 is 0 Å². The Morgan fingerprint density at radius 3 is 0.837 bits per heavy atom. The summed E-state index contributed by atoms with van der Waals surface area (Å²) in [7, 11) is 0. The molecule has 20 heteroatoms. The molecule has 1 aliphatic carbocycles. The van der Waals surface area contributed by atoms with Crippen LogP contribution in [0.25, 0.3) is 0 Å². The van der Waals surface area contributed by atoms with Crippen LogP contribution in [-0.4, -0.2) is 28.2 Å². The third-order valence-corrected chi connectivity index (χ3v) is 24.1. The summed E-state index contributed by atoms with van der Waals surface area (Å²) in [6.07, 6.45) is 3.28. The molecule has 0 amide bonds. The zero-order valence-electron chi connectivity index (χ0n) is 71.6. The smallest absolute Gasteiger partial charge is 0.228 e. The van der Waals surface area contributed by atoms with Crippen LogP contribution >= 0.6 is 123 Å². The molecule has 12 aromatic rings. The molecule has 0 N–H and O–H groups in total. The van der Waals surface area contributed by atoms with Gasteiger partial charge >= 0.3 is 0 Å². The van der Waals surface area contributed by atoms with Gasteiger partial charge in [0.05, 0.1) is 0 Å². The van der Waals surface area contributed by atoms with Crippen molar-refractivity contribution in [3.05, 3.63) is 384 Å². The minimum absolute atomic E-state index is 0.0748. The predicted octanol–water partition coefficient (Wildman–Crippen LogP) is 30.0. The minimum Gasteiger partial charge on any atom is -0.489 e. The molecule has 12 nitrogen and oxygen atoms in total. The van der Waals surface area contributed by atoms with E-state index < -0.39 is 0 Å². The lowest BCUT2D eigenvalue weighted by Crippen LogP contribution is -2.06. The van der Waals surface area contributed by atoms with Crippen molar-refractivity contribution in [1.29, 1.82) is 0 Å². The second-order valence-corrected chi connectivity index (χ2v) is 35.7. The van der Waals surface area contributed by atoms with Gasteiger partial charge in [0, 0.05) is 76.3 Å². The summed E-state index contributed by atoms with van der Waals surface area (Å²) >= 11 is 27.8. The van der Waals surface area contributed by atoms with Crippen molar-refractivity contribution in [2.75, 3.05) is 0 Å². The first-order valence-electron chi connectivity index (χ1n) is 39.9. The van der Waals surface area contributed by atoms with Gasteiger partial charge in [0.2, 0.25) is 28.2 Å². The van der Waals surface area contributed by atoms with Crippen LogP contribution in [0, 0.1) is 96.9 Å². The third kappa shape index (κ3) is 29.9. The molecule has 0 unspecified atom stereocenters. The highest BCUT2D eigenvalue weighted by Crippen LogP contribution is 2.43. The largest absolute Gasteiger partial charge is 0.489 e. The van der Waals surface area contributed by atoms with Crippen molar-refractivity contribution in [2.24, 2.45) is 0 Å². The van der Waals surface area contributed by atoms with Crippen LogP contribution < -0.4 is 28.4 Å². The van der Waals surface area contributed by atoms with Crippen molar-refractivity contribution in [1.82, 2.24) is 0 Å². The standard InChI is InChI=1S/C19H19BrO2.C18H19BrO2.2C17H17BrO2.C16H14Br2O2.C16H14BrClO2/c1-12-6-9-18(13(2)10-12)22-11-17-15(14-7-8-14)4-3-5-16(17)19(20)21;1-4-14-6-5-7-15(18(19)20)16(14)11-21-17-9-8-12(2)10-13(17)3;2*1-11-7-8-16(13(3)9-11)20-10-15-12(2)5-4-6-14(15)17(18)19;1-10-6-7-15(11(2)8-10)20-9-13-12(16(18)19)4-3-5-14(13)17;1-10-6-7-15(11(2)8-10)20-9-13-12(16(17)19)4-3-5-14(13)18/h3-6,9-10,14H,7-8,11H2,1-2H3;5-10H,4,11H2,1-3H3;2*4-9H,10H2,1-3H3;2*3-8H,9H2,1-2H3. The molecule has 640 valence electrons. The van der Waals surface area contributed by atoms with Crippen molar-refractivity contribution in [3.63, 3.8) is 0 Å². The molecule has 13 rings (SSSR count). The molecular formula is C103H100Br7ClO12. The van der Waals surface area contributed by atoms with E-state index in [4.69, 9.17) is 40.0 Å². The van der Waals surface area contributed by atoms with Gasteiger partial charge in [0.25, 0.3) is 0 Å². The molecule has 0 spiro atoms. The molecule has 1 saturated carbocycles. The van der Waals surface area contributed by atoms with Gasteiger partial charge in [-0.2, -0.15) is 0 Å². The number of aryl methyl sites for hydroxylation is 15. The van der Waals surface area contributed by atoms with Crippen LogP contribution in [-0.2, 0) is 46.1 Å². The average molecular weight is 2120 g/mol. The summed E-state index contributed by atoms with van der Waals surface area (Å²) in [5.41, 5.74) is 27.6. The molecule has 0 bridgehead atoms. The number of hydrogen-bond acceptors (Lipinski definition) is 12. The Labute approximate surface area is 787 Å². The lowest BCUT2D eigenvalue weighted by molar-refractivity contribution is 0.108. The summed E-state index contributed by atoms with van der Waals surface area (Å²) in [5, 5.41) is 0.528. The molecule has 0 radical (unpaired) electrons. The Morgan fingerprint density at radius 2 is 0.528 bits per heavy atom. The van der Waals surface area contributed by atoms with Crippen LogP contribution in [0.1, 0.15) is 210 Å². The molecule has 0 atom stereocenters. The lowest BCUT2D eigenvalue weighted by atomic mass is 9.99. The second kappa shape index (κ2) is 48.6. The number of halogens is 8. The average Bonchev–Trinajstić information content (AvgIpc) is 1.66. The van der Waals surface area contributed by atoms with Gasteiger partial charge in [0.1, 0.15) is 74.1 Å². The molecule has 0 aromatic heterocycles. The van der Waals surface area contributed by atoms with Crippen molar-refractivity contribution >= 4 is 151 Å². The minimum atomic E-state index is -0.195. The van der Waals surface area contributed by atoms with E-state index in [1.165, 1.54) is 51.8 Å².